The van der Waals surface area contributed by atoms with Crippen molar-refractivity contribution >= 4 is 5.84 Å². The van der Waals surface area contributed by atoms with Crippen LogP contribution in [0.4, 0.5) is 0 Å². The van der Waals surface area contributed by atoms with Crippen molar-refractivity contribution in [1.29, 1.82) is 0 Å². The quantitative estimate of drug-likeness (QED) is 0.362. The minimum absolute atomic E-state index is 0.143. The normalized spacial score (nSPS) is 22.1. The largest absolute Gasteiger partial charge is 0.409 e. The number of aryl methyl sites for hydroxylation is 1. The van der Waals surface area contributed by atoms with E-state index in [1.807, 2.05) is 0 Å². The number of hydrogen-bond acceptors (Lipinski definition) is 4. The molecule has 2 rings (SSSR count). The first kappa shape index (κ1) is 12.9. The lowest BCUT2D eigenvalue weighted by atomic mass is 10.1. The minimum atomic E-state index is -0.312. The third kappa shape index (κ3) is 3.21. The van der Waals surface area contributed by atoms with Crippen LogP contribution in [0.25, 0.3) is 0 Å². The molecular formula is C13H19N3O2. The lowest BCUT2D eigenvalue weighted by Gasteiger charge is -2.32. The van der Waals surface area contributed by atoms with E-state index in [9.17, 15) is 0 Å². The Morgan fingerprint density at radius 3 is 3.17 bits per heavy atom. The average Bonchev–Trinajstić information content (AvgIpc) is 2.38. The zero-order chi connectivity index (χ0) is 13.0. The molecule has 1 fully saturated rings. The first-order valence-electron chi connectivity index (χ1n) is 6.06. The van der Waals surface area contributed by atoms with Crippen molar-refractivity contribution in [1.82, 2.24) is 4.90 Å². The first-order valence-corrected chi connectivity index (χ1v) is 6.06. The molecule has 0 spiro atoms. The van der Waals surface area contributed by atoms with Crippen LogP contribution in [-0.4, -0.2) is 41.7 Å². The molecular weight excluding hydrogens is 230 g/mol. The second kappa shape index (κ2) is 5.84. The van der Waals surface area contributed by atoms with Gasteiger partial charge < -0.3 is 15.7 Å². The number of amidine groups is 1. The van der Waals surface area contributed by atoms with Gasteiger partial charge in [0.05, 0.1) is 6.61 Å². The van der Waals surface area contributed by atoms with E-state index in [0.717, 1.165) is 13.1 Å². The van der Waals surface area contributed by atoms with Crippen molar-refractivity contribution in [2.75, 3.05) is 19.7 Å². The highest BCUT2D eigenvalue weighted by molar-refractivity contribution is 5.84. The molecule has 0 aliphatic carbocycles. The molecule has 1 atom stereocenters. The molecule has 18 heavy (non-hydrogen) atoms. The molecule has 0 bridgehead atoms. The van der Waals surface area contributed by atoms with Gasteiger partial charge in [0.1, 0.15) is 6.10 Å². The molecule has 1 aliphatic heterocycles. The van der Waals surface area contributed by atoms with Crippen molar-refractivity contribution in [2.24, 2.45) is 10.9 Å². The molecule has 98 valence electrons. The van der Waals surface area contributed by atoms with Gasteiger partial charge in [-0.25, -0.2) is 0 Å². The maximum absolute atomic E-state index is 8.66. The van der Waals surface area contributed by atoms with Crippen molar-refractivity contribution in [3.8, 4) is 0 Å². The standard InChI is InChI=1S/C13H19N3O2/c1-10-3-2-4-11(7-10)8-16-5-6-18-12(9-16)13(14)15-17/h2-4,7,12,17H,5-6,8-9H2,1H3,(H2,14,15). The molecule has 1 unspecified atom stereocenters. The Balaban J connectivity index is 1.97. The van der Waals surface area contributed by atoms with Gasteiger partial charge in [-0.2, -0.15) is 0 Å². The lowest BCUT2D eigenvalue weighted by molar-refractivity contribution is 0.00141. The van der Waals surface area contributed by atoms with Crippen LogP contribution in [0.1, 0.15) is 11.1 Å². The van der Waals surface area contributed by atoms with Crippen molar-refractivity contribution in [3.05, 3.63) is 35.4 Å². The summed E-state index contributed by atoms with van der Waals surface area (Å²) in [6.45, 7) is 5.07. The third-order valence-corrected chi connectivity index (χ3v) is 3.08. The molecule has 1 aliphatic rings. The second-order valence-electron chi connectivity index (χ2n) is 4.61. The van der Waals surface area contributed by atoms with E-state index < -0.39 is 0 Å². The molecule has 5 nitrogen and oxygen atoms in total. The smallest absolute Gasteiger partial charge is 0.169 e. The van der Waals surface area contributed by atoms with Gasteiger partial charge >= 0.3 is 0 Å². The summed E-state index contributed by atoms with van der Waals surface area (Å²) >= 11 is 0. The molecule has 0 aromatic heterocycles. The van der Waals surface area contributed by atoms with Crippen LogP contribution in [0.15, 0.2) is 29.4 Å². The summed E-state index contributed by atoms with van der Waals surface area (Å²) in [5, 5.41) is 11.7. The third-order valence-electron chi connectivity index (χ3n) is 3.08. The summed E-state index contributed by atoms with van der Waals surface area (Å²) in [7, 11) is 0. The van der Waals surface area contributed by atoms with E-state index >= 15 is 0 Å². The highest BCUT2D eigenvalue weighted by Gasteiger charge is 2.23. The number of benzene rings is 1. The Hall–Kier alpha value is -1.59. The number of oxime groups is 1. The van der Waals surface area contributed by atoms with E-state index in [-0.39, 0.29) is 11.9 Å². The number of nitrogens with two attached hydrogens (primary N) is 1. The van der Waals surface area contributed by atoms with E-state index in [2.05, 4.69) is 41.2 Å². The molecule has 1 saturated heterocycles. The highest BCUT2D eigenvalue weighted by atomic mass is 16.5. The van der Waals surface area contributed by atoms with Gasteiger partial charge in [-0.15, -0.1) is 0 Å². The first-order chi connectivity index (χ1) is 8.69. The lowest BCUT2D eigenvalue weighted by Crippen LogP contribution is -2.48. The summed E-state index contributed by atoms with van der Waals surface area (Å²) in [6.07, 6.45) is -0.312. The second-order valence-corrected chi connectivity index (χ2v) is 4.61. The molecule has 1 heterocycles. The fourth-order valence-corrected chi connectivity index (χ4v) is 2.16. The molecule has 0 amide bonds. The van der Waals surface area contributed by atoms with E-state index in [1.54, 1.807) is 0 Å². The maximum atomic E-state index is 8.66. The predicted octanol–water partition coefficient (Wildman–Crippen LogP) is 0.942. The predicted molar refractivity (Wildman–Crippen MR) is 69.6 cm³/mol. The van der Waals surface area contributed by atoms with Crippen LogP contribution >= 0.6 is 0 Å². The van der Waals surface area contributed by atoms with Gasteiger partial charge in [0.25, 0.3) is 0 Å². The summed E-state index contributed by atoms with van der Waals surface area (Å²) in [6, 6.07) is 8.43. The van der Waals surface area contributed by atoms with Crippen LogP contribution in [0.2, 0.25) is 0 Å². The van der Waals surface area contributed by atoms with Crippen LogP contribution in [-0.2, 0) is 11.3 Å². The SMILES string of the molecule is Cc1cccc(CN2CCOC(/C(N)=N/O)C2)c1. The number of nitrogens with zero attached hydrogens (tertiary/aromatic N) is 2. The van der Waals surface area contributed by atoms with Crippen molar-refractivity contribution < 1.29 is 9.94 Å². The van der Waals surface area contributed by atoms with Crippen molar-refractivity contribution in [3.63, 3.8) is 0 Å². The monoisotopic (exact) mass is 249 g/mol. The Morgan fingerprint density at radius 1 is 1.61 bits per heavy atom. The summed E-state index contributed by atoms with van der Waals surface area (Å²) in [5.41, 5.74) is 8.11. The van der Waals surface area contributed by atoms with Crippen LogP contribution < -0.4 is 5.73 Å². The topological polar surface area (TPSA) is 71.1 Å². The van der Waals surface area contributed by atoms with E-state index in [1.165, 1.54) is 11.1 Å². The van der Waals surface area contributed by atoms with Gasteiger partial charge in [0, 0.05) is 19.6 Å². The van der Waals surface area contributed by atoms with Crippen LogP contribution in [0.3, 0.4) is 0 Å². The molecule has 0 saturated carbocycles. The van der Waals surface area contributed by atoms with Gasteiger partial charge in [0.15, 0.2) is 5.84 Å². The van der Waals surface area contributed by atoms with Gasteiger partial charge in [0.2, 0.25) is 0 Å². The number of morpholine rings is 1. The zero-order valence-corrected chi connectivity index (χ0v) is 10.5. The molecule has 1 aromatic rings. The van der Waals surface area contributed by atoms with E-state index in [0.29, 0.717) is 13.2 Å². The molecule has 5 heteroatoms. The van der Waals surface area contributed by atoms with Crippen LogP contribution in [0, 0.1) is 6.92 Å². The van der Waals surface area contributed by atoms with Crippen LogP contribution in [0.5, 0.6) is 0 Å². The van der Waals surface area contributed by atoms with Crippen molar-refractivity contribution in [2.45, 2.75) is 19.6 Å². The average molecular weight is 249 g/mol. The maximum Gasteiger partial charge on any atom is 0.169 e. The Bertz CT molecular complexity index is 434. The van der Waals surface area contributed by atoms with Gasteiger partial charge in [-0.05, 0) is 12.5 Å². The summed E-state index contributed by atoms with van der Waals surface area (Å²) in [5.74, 6) is 0.143. The summed E-state index contributed by atoms with van der Waals surface area (Å²) < 4.78 is 5.46. The summed E-state index contributed by atoms with van der Waals surface area (Å²) in [4.78, 5) is 2.25. The van der Waals surface area contributed by atoms with E-state index in [4.69, 9.17) is 15.7 Å². The number of rotatable bonds is 3. The molecule has 1 aromatic carbocycles. The fraction of sp³-hybridized carbons (Fsp3) is 0.462. The Morgan fingerprint density at radius 2 is 2.44 bits per heavy atom. The highest BCUT2D eigenvalue weighted by Crippen LogP contribution is 2.12. The number of hydrogen-bond donors (Lipinski definition) is 2. The number of ether oxygens (including phenoxy) is 1. The minimum Gasteiger partial charge on any atom is -0.409 e. The van der Waals surface area contributed by atoms with Gasteiger partial charge in [-0.1, -0.05) is 35.0 Å². The van der Waals surface area contributed by atoms with Gasteiger partial charge in [-0.3, -0.25) is 4.90 Å². The Labute approximate surface area is 107 Å². The molecule has 0 radical (unpaired) electrons. The Kier molecular flexibility index (Phi) is 4.17. The molecule has 3 N–H and O–H groups in total. The fourth-order valence-electron chi connectivity index (χ4n) is 2.16. The zero-order valence-electron chi connectivity index (χ0n) is 10.5.